The summed E-state index contributed by atoms with van der Waals surface area (Å²) >= 11 is 0. The Morgan fingerprint density at radius 3 is 2.41 bits per heavy atom. The fraction of sp³-hybridized carbons (Fsp3) is 0.227. The van der Waals surface area contributed by atoms with E-state index in [-0.39, 0.29) is 18.3 Å². The Hall–Kier alpha value is -2.96. The normalized spacial score (nSPS) is 16.6. The molecule has 1 aliphatic rings. The Kier molecular flexibility index (Phi) is 8.58. The number of piperidine rings is 1. The first-order valence-electron chi connectivity index (χ1n) is 9.27. The zero-order valence-corrected chi connectivity index (χ0v) is 16.7. The number of nitrogens with one attached hydrogen (secondary N) is 1. The average molecular weight is 414 g/mol. The van der Waals surface area contributed by atoms with Crippen LogP contribution in [0.15, 0.2) is 60.7 Å². The third kappa shape index (κ3) is 6.55. The number of hydrogen-bond donors (Lipinski definition) is 2. The van der Waals surface area contributed by atoms with E-state index in [1.807, 2.05) is 23.1 Å². The van der Waals surface area contributed by atoms with Gasteiger partial charge in [0.1, 0.15) is 0 Å². The lowest BCUT2D eigenvalue weighted by Crippen LogP contribution is -2.38. The summed E-state index contributed by atoms with van der Waals surface area (Å²) in [7, 11) is 0. The number of rotatable bonds is 5. The molecule has 0 spiro atoms. The maximum atomic E-state index is 12.6. The van der Waals surface area contributed by atoms with Crippen molar-refractivity contribution in [3.63, 3.8) is 0 Å². The molecule has 2 aromatic rings. The van der Waals surface area contributed by atoms with Gasteiger partial charge in [-0.3, -0.25) is 14.8 Å². The zero-order valence-electron chi connectivity index (χ0n) is 15.9. The number of likely N-dealkylation sites (tertiary alicyclic amines) is 1. The van der Waals surface area contributed by atoms with Gasteiger partial charge < -0.3 is 4.90 Å². The van der Waals surface area contributed by atoms with Crippen molar-refractivity contribution in [3.8, 4) is 0 Å². The Balaban J connectivity index is 0.00000300. The van der Waals surface area contributed by atoms with E-state index in [2.05, 4.69) is 17.1 Å². The Morgan fingerprint density at radius 1 is 1.03 bits per heavy atom. The fourth-order valence-corrected chi connectivity index (χ4v) is 3.29. The minimum absolute atomic E-state index is 0. The van der Waals surface area contributed by atoms with Crippen LogP contribution in [0.4, 0.5) is 0 Å². The molecule has 29 heavy (non-hydrogen) atoms. The molecule has 0 aliphatic carbocycles. The number of carbonyl (C=O) groups is 2. The smallest absolute Gasteiger partial charge is 0.267 e. The molecule has 6 nitrogen and oxygen atoms in total. The van der Waals surface area contributed by atoms with Crippen molar-refractivity contribution in [2.24, 2.45) is 0 Å². The lowest BCUT2D eigenvalue weighted by atomic mass is 9.90. The van der Waals surface area contributed by atoms with Crippen LogP contribution in [0.5, 0.6) is 0 Å². The molecule has 0 bridgehead atoms. The summed E-state index contributed by atoms with van der Waals surface area (Å²) < 4.78 is 0. The lowest BCUT2D eigenvalue weighted by Gasteiger charge is -2.32. The van der Waals surface area contributed by atoms with Gasteiger partial charge in [-0.2, -0.15) is 0 Å². The standard InChI is InChI=1S/C22H23N3O3.ClH/c26-21(24-28)13-11-19-9-4-10-20(23-19)12-14-22(27)25-15-5-8-18(16-25)17-6-2-1-3-7-17;/h1-4,6-7,9-14,18,28H,5,8,15-16H2,(H,24,26);1H/t18-;/m0./s1. The van der Waals surface area contributed by atoms with E-state index in [0.717, 1.165) is 25.9 Å². The summed E-state index contributed by atoms with van der Waals surface area (Å²) in [6, 6.07) is 15.6. The molecular weight excluding hydrogens is 390 g/mol. The zero-order chi connectivity index (χ0) is 19.8. The van der Waals surface area contributed by atoms with Crippen LogP contribution in [0.25, 0.3) is 12.2 Å². The Bertz CT molecular complexity index is 884. The molecule has 152 valence electrons. The number of hydroxylamine groups is 1. The van der Waals surface area contributed by atoms with Gasteiger partial charge in [-0.25, -0.2) is 10.5 Å². The second-order valence-electron chi connectivity index (χ2n) is 6.66. The minimum Gasteiger partial charge on any atom is -0.339 e. The third-order valence-corrected chi connectivity index (χ3v) is 4.71. The molecule has 2 N–H and O–H groups in total. The first-order valence-corrected chi connectivity index (χ1v) is 9.27. The number of benzene rings is 1. The molecule has 1 aliphatic heterocycles. The van der Waals surface area contributed by atoms with Gasteiger partial charge >= 0.3 is 0 Å². The largest absolute Gasteiger partial charge is 0.339 e. The first kappa shape index (κ1) is 22.3. The van der Waals surface area contributed by atoms with Gasteiger partial charge in [0.15, 0.2) is 0 Å². The van der Waals surface area contributed by atoms with Gasteiger partial charge in [0.25, 0.3) is 5.91 Å². The van der Waals surface area contributed by atoms with Crippen LogP contribution in [-0.2, 0) is 9.59 Å². The van der Waals surface area contributed by atoms with Gasteiger partial charge in [0.2, 0.25) is 5.91 Å². The van der Waals surface area contributed by atoms with Crippen LogP contribution in [0, 0.1) is 0 Å². The maximum Gasteiger partial charge on any atom is 0.267 e. The number of aromatic nitrogens is 1. The average Bonchev–Trinajstić information content (AvgIpc) is 2.76. The molecule has 3 rings (SSSR count). The monoisotopic (exact) mass is 413 g/mol. The van der Waals surface area contributed by atoms with E-state index in [9.17, 15) is 9.59 Å². The topological polar surface area (TPSA) is 82.5 Å². The lowest BCUT2D eigenvalue weighted by molar-refractivity contribution is -0.127. The van der Waals surface area contributed by atoms with E-state index in [0.29, 0.717) is 17.3 Å². The fourth-order valence-electron chi connectivity index (χ4n) is 3.29. The molecular formula is C22H24ClN3O3. The molecule has 0 saturated carbocycles. The van der Waals surface area contributed by atoms with E-state index in [1.54, 1.807) is 30.4 Å². The molecule has 7 heteroatoms. The second kappa shape index (κ2) is 11.1. The van der Waals surface area contributed by atoms with Gasteiger partial charge in [-0.05, 0) is 42.7 Å². The van der Waals surface area contributed by atoms with Gasteiger partial charge in [-0.1, -0.05) is 36.4 Å². The Labute approximate surface area is 176 Å². The number of carbonyl (C=O) groups excluding carboxylic acids is 2. The van der Waals surface area contributed by atoms with Crippen molar-refractivity contribution in [1.29, 1.82) is 0 Å². The highest BCUT2D eigenvalue weighted by atomic mass is 35.5. The van der Waals surface area contributed by atoms with Crippen molar-refractivity contribution in [2.45, 2.75) is 18.8 Å². The van der Waals surface area contributed by atoms with Gasteiger partial charge in [0.05, 0.1) is 11.4 Å². The molecule has 1 aromatic carbocycles. The number of hydrogen-bond acceptors (Lipinski definition) is 4. The highest BCUT2D eigenvalue weighted by molar-refractivity contribution is 5.92. The molecule has 2 heterocycles. The molecule has 2 amide bonds. The van der Waals surface area contributed by atoms with Crippen LogP contribution in [0.3, 0.4) is 0 Å². The summed E-state index contributed by atoms with van der Waals surface area (Å²) in [6.45, 7) is 1.48. The summed E-state index contributed by atoms with van der Waals surface area (Å²) in [5.41, 5.74) is 3.98. The second-order valence-corrected chi connectivity index (χ2v) is 6.66. The van der Waals surface area contributed by atoms with Crippen molar-refractivity contribution in [2.75, 3.05) is 13.1 Å². The van der Waals surface area contributed by atoms with Crippen molar-refractivity contribution >= 4 is 36.4 Å². The van der Waals surface area contributed by atoms with Crippen LogP contribution in [0.1, 0.15) is 35.7 Å². The van der Waals surface area contributed by atoms with E-state index >= 15 is 0 Å². The molecule has 1 saturated heterocycles. The Morgan fingerprint density at radius 2 is 1.72 bits per heavy atom. The van der Waals surface area contributed by atoms with Crippen LogP contribution in [-0.4, -0.2) is 40.0 Å². The van der Waals surface area contributed by atoms with Crippen LogP contribution < -0.4 is 5.48 Å². The summed E-state index contributed by atoms with van der Waals surface area (Å²) in [6.07, 6.45) is 7.97. The highest BCUT2D eigenvalue weighted by Gasteiger charge is 2.23. The number of halogens is 1. The molecule has 0 unspecified atom stereocenters. The molecule has 1 aromatic heterocycles. The highest BCUT2D eigenvalue weighted by Crippen LogP contribution is 2.26. The minimum atomic E-state index is -0.629. The molecule has 1 fully saturated rings. The molecule has 0 radical (unpaired) electrons. The summed E-state index contributed by atoms with van der Waals surface area (Å²) in [5.74, 6) is -0.282. The summed E-state index contributed by atoms with van der Waals surface area (Å²) in [5, 5.41) is 8.50. The predicted molar refractivity (Wildman–Crippen MR) is 114 cm³/mol. The van der Waals surface area contributed by atoms with E-state index in [4.69, 9.17) is 5.21 Å². The first-order chi connectivity index (χ1) is 13.7. The van der Waals surface area contributed by atoms with Crippen molar-refractivity contribution in [1.82, 2.24) is 15.4 Å². The maximum absolute atomic E-state index is 12.6. The predicted octanol–water partition coefficient (Wildman–Crippen LogP) is 3.44. The molecule has 1 atom stereocenters. The van der Waals surface area contributed by atoms with Crippen molar-refractivity contribution in [3.05, 3.63) is 77.6 Å². The van der Waals surface area contributed by atoms with Crippen molar-refractivity contribution < 1.29 is 14.8 Å². The number of pyridine rings is 1. The van der Waals surface area contributed by atoms with Crippen LogP contribution in [0.2, 0.25) is 0 Å². The quantitative estimate of drug-likeness (QED) is 0.447. The van der Waals surface area contributed by atoms with E-state index < -0.39 is 5.91 Å². The van der Waals surface area contributed by atoms with Crippen LogP contribution >= 0.6 is 12.4 Å². The summed E-state index contributed by atoms with van der Waals surface area (Å²) in [4.78, 5) is 29.9. The van der Waals surface area contributed by atoms with E-state index in [1.165, 1.54) is 23.2 Å². The van der Waals surface area contributed by atoms with Gasteiger partial charge in [-0.15, -0.1) is 12.4 Å². The third-order valence-electron chi connectivity index (χ3n) is 4.71. The SMILES string of the molecule is Cl.O=C(C=Cc1cccc(C=CC(=O)N2CCC[C@H](c3ccccc3)C2)n1)NO. The number of amides is 2. The number of nitrogens with zero attached hydrogens (tertiary/aromatic N) is 2. The van der Waals surface area contributed by atoms with Gasteiger partial charge in [0, 0.05) is 31.2 Å².